The predicted octanol–water partition coefficient (Wildman–Crippen LogP) is 0.340. The third kappa shape index (κ3) is 2.45. The summed E-state index contributed by atoms with van der Waals surface area (Å²) >= 11 is 0. The predicted molar refractivity (Wildman–Crippen MR) is 47.4 cm³/mol. The zero-order valence-corrected chi connectivity index (χ0v) is 7.91. The Labute approximate surface area is 81.1 Å². The van der Waals surface area contributed by atoms with Gasteiger partial charge in [0.05, 0.1) is 6.54 Å². The number of hydrogen-bond acceptors (Lipinski definition) is 4. The Morgan fingerprint density at radius 2 is 2.43 bits per heavy atom. The highest BCUT2D eigenvalue weighted by molar-refractivity contribution is 5.74. The summed E-state index contributed by atoms with van der Waals surface area (Å²) in [6, 6.07) is 0.183. The van der Waals surface area contributed by atoms with Crippen LogP contribution < -0.4 is 10.6 Å². The lowest BCUT2D eigenvalue weighted by atomic mass is 10.6. The summed E-state index contributed by atoms with van der Waals surface area (Å²) in [6.45, 7) is 2.01. The first-order chi connectivity index (χ1) is 6.74. The van der Waals surface area contributed by atoms with E-state index in [4.69, 9.17) is 4.52 Å². The molecule has 2 N–H and O–H groups in total. The van der Waals surface area contributed by atoms with Crippen LogP contribution in [0.25, 0.3) is 0 Å². The number of aromatic nitrogens is 2. The molecule has 76 valence electrons. The number of rotatable bonds is 3. The van der Waals surface area contributed by atoms with Gasteiger partial charge in [0.15, 0.2) is 5.82 Å². The van der Waals surface area contributed by atoms with Crippen LogP contribution in [0.3, 0.4) is 0 Å². The van der Waals surface area contributed by atoms with Gasteiger partial charge >= 0.3 is 6.03 Å². The van der Waals surface area contributed by atoms with Crippen molar-refractivity contribution in [2.45, 2.75) is 32.4 Å². The number of carbonyl (C=O) groups is 1. The highest BCUT2D eigenvalue weighted by Gasteiger charge is 2.23. The van der Waals surface area contributed by atoms with E-state index in [-0.39, 0.29) is 12.6 Å². The Morgan fingerprint density at radius 1 is 1.64 bits per heavy atom. The van der Waals surface area contributed by atoms with Crippen molar-refractivity contribution in [1.82, 2.24) is 20.8 Å². The first-order valence-electron chi connectivity index (χ1n) is 4.57. The minimum atomic E-state index is -0.177. The van der Waals surface area contributed by atoms with Crippen LogP contribution in [0.5, 0.6) is 0 Å². The van der Waals surface area contributed by atoms with Gasteiger partial charge in [-0.25, -0.2) is 4.79 Å². The van der Waals surface area contributed by atoms with Gasteiger partial charge in [0.1, 0.15) is 0 Å². The molecule has 0 saturated heterocycles. The molecule has 6 heteroatoms. The van der Waals surface area contributed by atoms with Crippen LogP contribution in [0, 0.1) is 6.92 Å². The average Bonchev–Trinajstić information content (AvgIpc) is 2.85. The Kier molecular flexibility index (Phi) is 2.34. The molecule has 6 nitrogen and oxygen atoms in total. The first-order valence-corrected chi connectivity index (χ1v) is 4.57. The van der Waals surface area contributed by atoms with E-state index >= 15 is 0 Å². The third-order valence-electron chi connectivity index (χ3n) is 1.88. The third-order valence-corrected chi connectivity index (χ3v) is 1.88. The molecule has 0 aliphatic heterocycles. The van der Waals surface area contributed by atoms with Gasteiger partial charge in [-0.1, -0.05) is 5.16 Å². The van der Waals surface area contributed by atoms with E-state index in [0.717, 1.165) is 12.8 Å². The maximum Gasteiger partial charge on any atom is 0.315 e. The lowest BCUT2D eigenvalue weighted by Gasteiger charge is -2.02. The number of amides is 2. The number of carbonyl (C=O) groups excluding carboxylic acids is 1. The lowest BCUT2D eigenvalue weighted by Crippen LogP contribution is -2.36. The van der Waals surface area contributed by atoms with Crippen molar-refractivity contribution in [2.24, 2.45) is 0 Å². The fourth-order valence-electron chi connectivity index (χ4n) is 1.03. The largest absolute Gasteiger partial charge is 0.337 e. The summed E-state index contributed by atoms with van der Waals surface area (Å²) in [7, 11) is 0. The van der Waals surface area contributed by atoms with Crippen LogP contribution >= 0.6 is 0 Å². The quantitative estimate of drug-likeness (QED) is 0.730. The molecule has 1 aliphatic carbocycles. The molecule has 1 saturated carbocycles. The molecule has 14 heavy (non-hydrogen) atoms. The molecule has 0 unspecified atom stereocenters. The Hall–Kier alpha value is -1.59. The first kappa shape index (κ1) is 8.98. The number of aryl methyl sites for hydroxylation is 1. The van der Waals surface area contributed by atoms with Crippen molar-refractivity contribution in [3.63, 3.8) is 0 Å². The molecule has 0 bridgehead atoms. The molecule has 0 atom stereocenters. The van der Waals surface area contributed by atoms with Crippen molar-refractivity contribution in [2.75, 3.05) is 0 Å². The van der Waals surface area contributed by atoms with Gasteiger partial charge in [-0.15, -0.1) is 0 Å². The fraction of sp³-hybridized carbons (Fsp3) is 0.625. The van der Waals surface area contributed by atoms with Crippen molar-refractivity contribution < 1.29 is 9.32 Å². The molecule has 2 amide bonds. The molecule has 1 heterocycles. The van der Waals surface area contributed by atoms with Crippen LogP contribution in [-0.4, -0.2) is 22.2 Å². The summed E-state index contributed by atoms with van der Waals surface area (Å²) in [5.41, 5.74) is 0. The van der Waals surface area contributed by atoms with Crippen molar-refractivity contribution >= 4 is 6.03 Å². The van der Waals surface area contributed by atoms with E-state index in [9.17, 15) is 4.79 Å². The van der Waals surface area contributed by atoms with Gasteiger partial charge < -0.3 is 15.2 Å². The van der Waals surface area contributed by atoms with Crippen LogP contribution in [-0.2, 0) is 6.54 Å². The van der Waals surface area contributed by atoms with Gasteiger partial charge in [-0.05, 0) is 19.8 Å². The normalized spacial score (nSPS) is 15.2. The van der Waals surface area contributed by atoms with Gasteiger partial charge in [0, 0.05) is 6.04 Å². The number of hydrogen-bond donors (Lipinski definition) is 2. The zero-order chi connectivity index (χ0) is 9.97. The maximum absolute atomic E-state index is 11.2. The summed E-state index contributed by atoms with van der Waals surface area (Å²) < 4.78 is 4.83. The Morgan fingerprint density at radius 3 is 3.00 bits per heavy atom. The standard InChI is InChI=1S/C8H12N4O2/c1-5-10-7(14-12-5)4-9-8(13)11-6-2-3-6/h6H,2-4H2,1H3,(H2,9,11,13). The van der Waals surface area contributed by atoms with E-state index in [2.05, 4.69) is 20.8 Å². The second kappa shape index (κ2) is 3.65. The molecule has 2 rings (SSSR count). The van der Waals surface area contributed by atoms with Crippen LogP contribution in [0.2, 0.25) is 0 Å². The molecule has 1 aromatic heterocycles. The zero-order valence-electron chi connectivity index (χ0n) is 7.91. The van der Waals surface area contributed by atoms with E-state index in [1.807, 2.05) is 0 Å². The number of urea groups is 1. The van der Waals surface area contributed by atoms with E-state index in [1.54, 1.807) is 6.92 Å². The molecular formula is C8H12N4O2. The van der Waals surface area contributed by atoms with Gasteiger partial charge in [-0.2, -0.15) is 4.98 Å². The monoisotopic (exact) mass is 196 g/mol. The van der Waals surface area contributed by atoms with E-state index in [0.29, 0.717) is 17.8 Å². The maximum atomic E-state index is 11.2. The highest BCUT2D eigenvalue weighted by atomic mass is 16.5. The van der Waals surface area contributed by atoms with Gasteiger partial charge in [-0.3, -0.25) is 0 Å². The van der Waals surface area contributed by atoms with Gasteiger partial charge in [0.2, 0.25) is 5.89 Å². The van der Waals surface area contributed by atoms with E-state index < -0.39 is 0 Å². The van der Waals surface area contributed by atoms with Crippen LogP contribution in [0.1, 0.15) is 24.6 Å². The van der Waals surface area contributed by atoms with Crippen LogP contribution in [0.4, 0.5) is 4.79 Å². The molecule has 0 radical (unpaired) electrons. The minimum Gasteiger partial charge on any atom is -0.337 e. The van der Waals surface area contributed by atoms with Crippen molar-refractivity contribution in [3.8, 4) is 0 Å². The molecule has 0 aromatic carbocycles. The molecule has 1 aliphatic rings. The van der Waals surface area contributed by atoms with Crippen molar-refractivity contribution in [1.29, 1.82) is 0 Å². The second-order valence-corrected chi connectivity index (χ2v) is 3.34. The molecule has 1 aromatic rings. The minimum absolute atomic E-state index is 0.177. The Bertz CT molecular complexity index is 332. The SMILES string of the molecule is Cc1noc(CNC(=O)NC2CC2)n1. The number of nitrogens with one attached hydrogen (secondary N) is 2. The molecular weight excluding hydrogens is 184 g/mol. The van der Waals surface area contributed by atoms with E-state index in [1.165, 1.54) is 0 Å². The highest BCUT2D eigenvalue weighted by Crippen LogP contribution is 2.18. The summed E-state index contributed by atoms with van der Waals surface area (Å²) in [4.78, 5) is 15.1. The summed E-state index contributed by atoms with van der Waals surface area (Å²) in [5, 5.41) is 9.04. The topological polar surface area (TPSA) is 80.0 Å². The van der Waals surface area contributed by atoms with Crippen molar-refractivity contribution in [3.05, 3.63) is 11.7 Å². The second-order valence-electron chi connectivity index (χ2n) is 3.34. The average molecular weight is 196 g/mol. The molecule has 0 spiro atoms. The summed E-state index contributed by atoms with van der Waals surface area (Å²) in [5.74, 6) is 0.998. The lowest BCUT2D eigenvalue weighted by molar-refractivity contribution is 0.238. The smallest absolute Gasteiger partial charge is 0.315 e. The summed E-state index contributed by atoms with van der Waals surface area (Å²) in [6.07, 6.45) is 2.15. The van der Waals surface area contributed by atoms with Crippen LogP contribution in [0.15, 0.2) is 4.52 Å². The Balaban J connectivity index is 1.73. The fourth-order valence-corrected chi connectivity index (χ4v) is 1.03. The molecule has 1 fully saturated rings. The number of nitrogens with zero attached hydrogens (tertiary/aromatic N) is 2. The van der Waals surface area contributed by atoms with Gasteiger partial charge in [0.25, 0.3) is 0 Å².